The van der Waals surface area contributed by atoms with Gasteiger partial charge in [-0.3, -0.25) is 0 Å². The van der Waals surface area contributed by atoms with Crippen LogP contribution in [0.25, 0.3) is 0 Å². The molecule has 0 aromatic rings. The Morgan fingerprint density at radius 2 is 2.14 bits per heavy atom. The average molecular weight is 97.2 g/mol. The van der Waals surface area contributed by atoms with Gasteiger partial charge in [0.05, 0.1) is 0 Å². The first-order valence-corrected chi connectivity index (χ1v) is 2.82. The minimum absolute atomic E-state index is 0.824. The van der Waals surface area contributed by atoms with E-state index in [0.717, 1.165) is 5.92 Å². The van der Waals surface area contributed by atoms with Crippen LogP contribution in [-0.2, 0) is 0 Å². The highest BCUT2D eigenvalue weighted by Crippen LogP contribution is 2.26. The summed E-state index contributed by atoms with van der Waals surface area (Å²) < 4.78 is 0. The van der Waals surface area contributed by atoms with Gasteiger partial charge in [0.2, 0.25) is 0 Å². The highest BCUT2D eigenvalue weighted by molar-refractivity contribution is 4.89. The van der Waals surface area contributed by atoms with Crippen LogP contribution < -0.4 is 5.73 Å². The molecule has 0 bridgehead atoms. The van der Waals surface area contributed by atoms with Crippen LogP contribution in [0.15, 0.2) is 12.3 Å². The topological polar surface area (TPSA) is 26.0 Å². The second-order valence-corrected chi connectivity index (χ2v) is 2.08. The number of hydrogen-bond donors (Lipinski definition) is 1. The minimum atomic E-state index is 0.824. The summed E-state index contributed by atoms with van der Waals surface area (Å²) in [7, 11) is 0. The predicted molar refractivity (Wildman–Crippen MR) is 30.7 cm³/mol. The van der Waals surface area contributed by atoms with E-state index < -0.39 is 0 Å². The van der Waals surface area contributed by atoms with Crippen LogP contribution in [0.4, 0.5) is 0 Å². The molecule has 1 heteroatoms. The van der Waals surface area contributed by atoms with Gasteiger partial charge >= 0.3 is 0 Å². The second-order valence-electron chi connectivity index (χ2n) is 2.08. The molecule has 1 saturated carbocycles. The summed E-state index contributed by atoms with van der Waals surface area (Å²) in [4.78, 5) is 0. The zero-order valence-corrected chi connectivity index (χ0v) is 4.43. The van der Waals surface area contributed by atoms with Crippen molar-refractivity contribution >= 4 is 0 Å². The first kappa shape index (κ1) is 4.69. The van der Waals surface area contributed by atoms with Crippen molar-refractivity contribution in [2.45, 2.75) is 19.3 Å². The zero-order chi connectivity index (χ0) is 5.11. The third-order valence-corrected chi connectivity index (χ3v) is 1.53. The molecule has 0 atom stereocenters. The van der Waals surface area contributed by atoms with Crippen LogP contribution in [0, 0.1) is 5.92 Å². The van der Waals surface area contributed by atoms with Gasteiger partial charge in [-0.15, -0.1) is 0 Å². The molecule has 0 radical (unpaired) electrons. The van der Waals surface area contributed by atoms with E-state index in [4.69, 9.17) is 5.73 Å². The van der Waals surface area contributed by atoms with E-state index in [0.29, 0.717) is 0 Å². The summed E-state index contributed by atoms with van der Waals surface area (Å²) in [5, 5.41) is 0. The molecule has 0 unspecified atom stereocenters. The third kappa shape index (κ3) is 0.952. The van der Waals surface area contributed by atoms with Crippen LogP contribution in [0.2, 0.25) is 0 Å². The van der Waals surface area contributed by atoms with Gasteiger partial charge in [0.25, 0.3) is 0 Å². The molecule has 0 aromatic carbocycles. The van der Waals surface area contributed by atoms with Gasteiger partial charge < -0.3 is 5.73 Å². The zero-order valence-electron chi connectivity index (χ0n) is 4.43. The van der Waals surface area contributed by atoms with E-state index in [1.807, 2.05) is 0 Å². The van der Waals surface area contributed by atoms with Crippen molar-refractivity contribution < 1.29 is 0 Å². The molecule has 1 rings (SSSR count). The molecule has 0 aliphatic heterocycles. The van der Waals surface area contributed by atoms with Gasteiger partial charge in [0.1, 0.15) is 0 Å². The van der Waals surface area contributed by atoms with Crippen molar-refractivity contribution in [3.8, 4) is 0 Å². The van der Waals surface area contributed by atoms with Crippen LogP contribution in [0.1, 0.15) is 19.3 Å². The number of rotatable bonds is 1. The van der Waals surface area contributed by atoms with Crippen molar-refractivity contribution in [1.29, 1.82) is 0 Å². The van der Waals surface area contributed by atoms with Gasteiger partial charge in [-0.05, 0) is 25.0 Å². The largest absolute Gasteiger partial charge is 0.405 e. The number of hydrogen-bond acceptors (Lipinski definition) is 1. The lowest BCUT2D eigenvalue weighted by Crippen LogP contribution is -2.07. The molecule has 1 nitrogen and oxygen atoms in total. The Hall–Kier alpha value is -0.460. The summed E-state index contributed by atoms with van der Waals surface area (Å²) >= 11 is 0. The fourth-order valence-corrected chi connectivity index (χ4v) is 0.789. The SMILES string of the molecule is N/C=C/C1CCC1. The molecule has 1 aliphatic carbocycles. The van der Waals surface area contributed by atoms with Crippen LogP contribution in [0.5, 0.6) is 0 Å². The Kier molecular flexibility index (Phi) is 1.35. The molecule has 0 aromatic heterocycles. The van der Waals surface area contributed by atoms with Crippen LogP contribution in [-0.4, -0.2) is 0 Å². The molecule has 0 saturated heterocycles. The first-order valence-electron chi connectivity index (χ1n) is 2.82. The smallest absolute Gasteiger partial charge is 0.0100 e. The fraction of sp³-hybridized carbons (Fsp3) is 0.667. The van der Waals surface area contributed by atoms with Crippen molar-refractivity contribution in [1.82, 2.24) is 0 Å². The molecular formula is C6H11N. The summed E-state index contributed by atoms with van der Waals surface area (Å²) in [6, 6.07) is 0. The number of nitrogens with two attached hydrogens (primary N) is 1. The highest BCUT2D eigenvalue weighted by Gasteiger charge is 2.12. The molecular weight excluding hydrogens is 86.1 g/mol. The van der Waals surface area contributed by atoms with E-state index in [1.54, 1.807) is 6.20 Å². The molecule has 2 N–H and O–H groups in total. The summed E-state index contributed by atoms with van der Waals surface area (Å²) in [6.07, 6.45) is 7.85. The van der Waals surface area contributed by atoms with E-state index in [1.165, 1.54) is 19.3 Å². The molecule has 0 amide bonds. The summed E-state index contributed by atoms with van der Waals surface area (Å²) in [5.41, 5.74) is 5.16. The third-order valence-electron chi connectivity index (χ3n) is 1.53. The Morgan fingerprint density at radius 1 is 1.43 bits per heavy atom. The van der Waals surface area contributed by atoms with Crippen molar-refractivity contribution in [3.05, 3.63) is 12.3 Å². The maximum atomic E-state index is 5.16. The van der Waals surface area contributed by atoms with Crippen LogP contribution >= 0.6 is 0 Å². The summed E-state index contributed by atoms with van der Waals surface area (Å²) in [5.74, 6) is 0.824. The molecule has 7 heavy (non-hydrogen) atoms. The lowest BCUT2D eigenvalue weighted by Gasteiger charge is -2.20. The van der Waals surface area contributed by atoms with E-state index in [9.17, 15) is 0 Å². The highest BCUT2D eigenvalue weighted by atomic mass is 14.5. The van der Waals surface area contributed by atoms with Gasteiger partial charge in [-0.1, -0.05) is 12.5 Å². The standard InChI is InChI=1S/C6H11N/c7-5-4-6-2-1-3-6/h4-6H,1-3,7H2/b5-4+. The molecule has 0 spiro atoms. The molecule has 40 valence electrons. The lowest BCUT2D eigenvalue weighted by atomic mass is 9.86. The monoisotopic (exact) mass is 97.1 g/mol. The fourth-order valence-electron chi connectivity index (χ4n) is 0.789. The van der Waals surface area contributed by atoms with Gasteiger partial charge in [-0.2, -0.15) is 0 Å². The molecule has 0 heterocycles. The lowest BCUT2D eigenvalue weighted by molar-refractivity contribution is 0.387. The van der Waals surface area contributed by atoms with Gasteiger partial charge in [0, 0.05) is 0 Å². The maximum Gasteiger partial charge on any atom is -0.0100 e. The Balaban J connectivity index is 2.14. The van der Waals surface area contributed by atoms with Crippen LogP contribution in [0.3, 0.4) is 0 Å². The average Bonchev–Trinajstić information content (AvgIpc) is 1.55. The van der Waals surface area contributed by atoms with E-state index >= 15 is 0 Å². The summed E-state index contributed by atoms with van der Waals surface area (Å²) in [6.45, 7) is 0. The minimum Gasteiger partial charge on any atom is -0.405 e. The molecule has 1 fully saturated rings. The maximum absolute atomic E-state index is 5.16. The Labute approximate surface area is 44.2 Å². The normalized spacial score (nSPS) is 22.9. The Bertz CT molecular complexity index is 72.2. The second kappa shape index (κ2) is 2.01. The van der Waals surface area contributed by atoms with Crippen molar-refractivity contribution in [2.75, 3.05) is 0 Å². The molecule has 1 aliphatic rings. The quantitative estimate of drug-likeness (QED) is 0.523. The van der Waals surface area contributed by atoms with E-state index in [-0.39, 0.29) is 0 Å². The van der Waals surface area contributed by atoms with Crippen molar-refractivity contribution in [3.63, 3.8) is 0 Å². The Morgan fingerprint density at radius 3 is 2.29 bits per heavy atom. The number of allylic oxidation sites excluding steroid dienone is 1. The van der Waals surface area contributed by atoms with Crippen molar-refractivity contribution in [2.24, 2.45) is 11.7 Å². The van der Waals surface area contributed by atoms with E-state index in [2.05, 4.69) is 6.08 Å². The first-order chi connectivity index (χ1) is 3.43. The van der Waals surface area contributed by atoms with Gasteiger partial charge in [-0.25, -0.2) is 0 Å². The van der Waals surface area contributed by atoms with Gasteiger partial charge in [0.15, 0.2) is 0 Å². The predicted octanol–water partition coefficient (Wildman–Crippen LogP) is 1.26.